The molecule has 1 atom stereocenters. The number of ether oxygens (including phenoxy) is 2. The second-order valence-corrected chi connectivity index (χ2v) is 6.46. The van der Waals surface area contributed by atoms with Crippen LogP contribution in [0.2, 0.25) is 0 Å². The van der Waals surface area contributed by atoms with Crippen molar-refractivity contribution in [1.82, 2.24) is 5.32 Å². The van der Waals surface area contributed by atoms with Crippen LogP contribution in [0.3, 0.4) is 0 Å². The molecular formula is C22H26N2O5. The lowest BCUT2D eigenvalue weighted by Crippen LogP contribution is -2.31. The summed E-state index contributed by atoms with van der Waals surface area (Å²) in [5.41, 5.74) is 1.54. The van der Waals surface area contributed by atoms with Gasteiger partial charge in [0.15, 0.2) is 6.61 Å². The molecule has 0 bridgehead atoms. The second kappa shape index (κ2) is 11.5. The molecule has 154 valence electrons. The number of benzene rings is 2. The lowest BCUT2D eigenvalue weighted by atomic mass is 10.1. The molecule has 0 heterocycles. The summed E-state index contributed by atoms with van der Waals surface area (Å²) >= 11 is 0. The standard InChI is InChI=1S/C22H26N2O5/c1-16(17-9-4-3-5-10-17)23-21(26)15-29-22(27)14-8-13-20(25)24-18-11-6-7-12-19(18)28-2/h3-7,9-12,16H,8,13-15H2,1-2H3,(H,23,26)(H,24,25)/t16-/m1/s1. The topological polar surface area (TPSA) is 93.7 Å². The Kier molecular flexibility index (Phi) is 8.69. The highest BCUT2D eigenvalue weighted by Gasteiger charge is 2.13. The molecule has 0 aliphatic rings. The van der Waals surface area contributed by atoms with Crippen molar-refractivity contribution < 1.29 is 23.9 Å². The van der Waals surface area contributed by atoms with Gasteiger partial charge in [0, 0.05) is 12.8 Å². The van der Waals surface area contributed by atoms with Crippen molar-refractivity contribution in [3.63, 3.8) is 0 Å². The van der Waals surface area contributed by atoms with Gasteiger partial charge in [0.05, 0.1) is 18.8 Å². The molecule has 2 rings (SSSR count). The molecule has 7 heteroatoms. The summed E-state index contributed by atoms with van der Waals surface area (Å²) < 4.78 is 10.1. The van der Waals surface area contributed by atoms with Crippen molar-refractivity contribution in [3.8, 4) is 5.75 Å². The van der Waals surface area contributed by atoms with Crippen LogP contribution in [0.15, 0.2) is 54.6 Å². The summed E-state index contributed by atoms with van der Waals surface area (Å²) in [6.07, 6.45) is 0.535. The first kappa shape index (κ1) is 21.9. The van der Waals surface area contributed by atoms with Gasteiger partial charge in [-0.2, -0.15) is 0 Å². The zero-order chi connectivity index (χ0) is 21.1. The van der Waals surface area contributed by atoms with Crippen LogP contribution in [-0.4, -0.2) is 31.5 Å². The maximum atomic E-state index is 12.0. The normalized spacial score (nSPS) is 11.2. The Morgan fingerprint density at radius 2 is 1.62 bits per heavy atom. The number of amides is 2. The predicted octanol–water partition coefficient (Wildman–Crippen LogP) is 3.22. The average Bonchev–Trinajstić information content (AvgIpc) is 2.73. The van der Waals surface area contributed by atoms with Crippen LogP contribution < -0.4 is 15.4 Å². The van der Waals surface area contributed by atoms with Crippen LogP contribution in [0.25, 0.3) is 0 Å². The summed E-state index contributed by atoms with van der Waals surface area (Å²) in [5.74, 6) is -0.547. The van der Waals surface area contributed by atoms with E-state index in [0.29, 0.717) is 17.9 Å². The Hall–Kier alpha value is -3.35. The Bertz CT molecular complexity index is 823. The van der Waals surface area contributed by atoms with Crippen molar-refractivity contribution in [1.29, 1.82) is 0 Å². The monoisotopic (exact) mass is 398 g/mol. The van der Waals surface area contributed by atoms with E-state index in [2.05, 4.69) is 10.6 Å². The number of esters is 1. The number of carbonyl (C=O) groups is 3. The molecule has 0 spiro atoms. The SMILES string of the molecule is COc1ccccc1NC(=O)CCCC(=O)OCC(=O)N[C@H](C)c1ccccc1. The van der Waals surface area contributed by atoms with Gasteiger partial charge in [-0.15, -0.1) is 0 Å². The van der Waals surface area contributed by atoms with E-state index in [-0.39, 0.29) is 37.3 Å². The van der Waals surface area contributed by atoms with Gasteiger partial charge in [0.2, 0.25) is 5.91 Å². The molecule has 29 heavy (non-hydrogen) atoms. The number of anilines is 1. The quantitative estimate of drug-likeness (QED) is 0.600. The van der Waals surface area contributed by atoms with E-state index in [1.807, 2.05) is 37.3 Å². The van der Waals surface area contributed by atoms with E-state index in [4.69, 9.17) is 9.47 Å². The van der Waals surface area contributed by atoms with Crippen molar-refractivity contribution in [2.75, 3.05) is 19.0 Å². The number of hydrogen-bond acceptors (Lipinski definition) is 5. The minimum Gasteiger partial charge on any atom is -0.495 e. The zero-order valence-electron chi connectivity index (χ0n) is 16.6. The Labute approximate surface area is 170 Å². The minimum absolute atomic E-state index is 0.0564. The highest BCUT2D eigenvalue weighted by Crippen LogP contribution is 2.23. The number of carbonyl (C=O) groups excluding carboxylic acids is 3. The van der Waals surface area contributed by atoms with E-state index >= 15 is 0 Å². The van der Waals surface area contributed by atoms with Crippen LogP contribution in [0.5, 0.6) is 5.75 Å². The van der Waals surface area contributed by atoms with Gasteiger partial charge < -0.3 is 20.1 Å². The average molecular weight is 398 g/mol. The lowest BCUT2D eigenvalue weighted by molar-refractivity contribution is -0.148. The highest BCUT2D eigenvalue weighted by atomic mass is 16.5. The van der Waals surface area contributed by atoms with Gasteiger partial charge in [0.25, 0.3) is 5.91 Å². The third kappa shape index (κ3) is 7.65. The first-order valence-electron chi connectivity index (χ1n) is 9.42. The fraction of sp³-hybridized carbons (Fsp3) is 0.318. The molecular weight excluding hydrogens is 372 g/mol. The summed E-state index contributed by atoms with van der Waals surface area (Å²) in [4.78, 5) is 35.7. The highest BCUT2D eigenvalue weighted by molar-refractivity contribution is 5.92. The fourth-order valence-electron chi connectivity index (χ4n) is 2.68. The molecule has 0 unspecified atom stereocenters. The molecule has 2 aromatic carbocycles. The van der Waals surface area contributed by atoms with E-state index < -0.39 is 5.97 Å². The van der Waals surface area contributed by atoms with Gasteiger partial charge in [-0.1, -0.05) is 42.5 Å². The zero-order valence-corrected chi connectivity index (χ0v) is 16.6. The van der Waals surface area contributed by atoms with Gasteiger partial charge in [-0.05, 0) is 31.0 Å². The molecule has 0 saturated carbocycles. The number of methoxy groups -OCH3 is 1. The van der Waals surface area contributed by atoms with Crippen LogP contribution >= 0.6 is 0 Å². The van der Waals surface area contributed by atoms with Gasteiger partial charge in [-0.25, -0.2) is 0 Å². The second-order valence-electron chi connectivity index (χ2n) is 6.46. The summed E-state index contributed by atoms with van der Waals surface area (Å²) in [5, 5.41) is 5.51. The fourth-order valence-corrected chi connectivity index (χ4v) is 2.68. The number of hydrogen-bond donors (Lipinski definition) is 2. The maximum absolute atomic E-state index is 12.0. The minimum atomic E-state index is -0.516. The Balaban J connectivity index is 1.64. The molecule has 0 aliphatic carbocycles. The van der Waals surface area contributed by atoms with E-state index in [1.165, 1.54) is 7.11 Å². The molecule has 0 saturated heterocycles. The van der Waals surface area contributed by atoms with Gasteiger partial charge in [-0.3, -0.25) is 14.4 Å². The van der Waals surface area contributed by atoms with E-state index in [9.17, 15) is 14.4 Å². The molecule has 0 aromatic heterocycles. The van der Waals surface area contributed by atoms with E-state index in [1.54, 1.807) is 24.3 Å². The predicted molar refractivity (Wildman–Crippen MR) is 109 cm³/mol. The van der Waals surface area contributed by atoms with E-state index in [0.717, 1.165) is 5.56 Å². The van der Waals surface area contributed by atoms with Gasteiger partial charge in [0.1, 0.15) is 5.75 Å². The first-order chi connectivity index (χ1) is 14.0. The van der Waals surface area contributed by atoms with Crippen LogP contribution in [0.4, 0.5) is 5.69 Å². The number of rotatable bonds is 10. The molecule has 0 fully saturated rings. The van der Waals surface area contributed by atoms with Crippen molar-refractivity contribution in [2.45, 2.75) is 32.2 Å². The van der Waals surface area contributed by atoms with Crippen molar-refractivity contribution in [2.24, 2.45) is 0 Å². The number of para-hydroxylation sites is 2. The third-order valence-electron chi connectivity index (χ3n) is 4.21. The Morgan fingerprint density at radius 1 is 0.931 bits per heavy atom. The maximum Gasteiger partial charge on any atom is 0.306 e. The molecule has 0 radical (unpaired) electrons. The Morgan fingerprint density at radius 3 is 2.34 bits per heavy atom. The summed E-state index contributed by atoms with van der Waals surface area (Å²) in [6, 6.07) is 16.4. The molecule has 2 amide bonds. The molecule has 0 aliphatic heterocycles. The van der Waals surface area contributed by atoms with Crippen LogP contribution in [0, 0.1) is 0 Å². The van der Waals surface area contributed by atoms with Crippen LogP contribution in [0.1, 0.15) is 37.8 Å². The molecule has 7 nitrogen and oxygen atoms in total. The molecule has 2 N–H and O–H groups in total. The van der Waals surface area contributed by atoms with Crippen molar-refractivity contribution >= 4 is 23.5 Å². The smallest absolute Gasteiger partial charge is 0.306 e. The number of nitrogens with one attached hydrogen (secondary N) is 2. The third-order valence-corrected chi connectivity index (χ3v) is 4.21. The summed E-state index contributed by atoms with van der Waals surface area (Å²) in [6.45, 7) is 1.51. The van der Waals surface area contributed by atoms with Crippen molar-refractivity contribution in [3.05, 3.63) is 60.2 Å². The first-order valence-corrected chi connectivity index (χ1v) is 9.42. The van der Waals surface area contributed by atoms with Gasteiger partial charge >= 0.3 is 5.97 Å². The van der Waals surface area contributed by atoms with Crippen LogP contribution in [-0.2, 0) is 19.1 Å². The molecule has 2 aromatic rings. The largest absolute Gasteiger partial charge is 0.495 e. The lowest BCUT2D eigenvalue weighted by Gasteiger charge is -2.14. The summed E-state index contributed by atoms with van der Waals surface area (Å²) in [7, 11) is 1.53.